The number of nitrogens with one attached hydrogen (secondary N) is 1. The van der Waals surface area contributed by atoms with E-state index in [4.69, 9.17) is 5.73 Å². The zero-order chi connectivity index (χ0) is 14.9. The summed E-state index contributed by atoms with van der Waals surface area (Å²) in [7, 11) is 0. The van der Waals surface area contributed by atoms with Crippen LogP contribution in [0.25, 0.3) is 0 Å². The van der Waals surface area contributed by atoms with Gasteiger partial charge in [0.1, 0.15) is 0 Å². The van der Waals surface area contributed by atoms with Crippen LogP contribution in [0.1, 0.15) is 31.2 Å². The highest BCUT2D eigenvalue weighted by atomic mass is 79.9. The summed E-state index contributed by atoms with van der Waals surface area (Å²) < 4.78 is 0.948. The molecule has 0 fully saturated rings. The summed E-state index contributed by atoms with van der Waals surface area (Å²) in [6, 6.07) is 6.77. The van der Waals surface area contributed by atoms with Gasteiger partial charge in [0.25, 0.3) is 5.91 Å². The first-order valence-corrected chi connectivity index (χ1v) is 7.47. The minimum atomic E-state index is -0.483. The molecule has 20 heavy (non-hydrogen) atoms. The fourth-order valence-corrected chi connectivity index (χ4v) is 3.14. The van der Waals surface area contributed by atoms with Gasteiger partial charge < -0.3 is 11.1 Å². The summed E-state index contributed by atoms with van der Waals surface area (Å²) in [4.78, 5) is 23.8. The zero-order valence-electron chi connectivity index (χ0n) is 11.0. The van der Waals surface area contributed by atoms with Gasteiger partial charge in [-0.2, -0.15) is 0 Å². The summed E-state index contributed by atoms with van der Waals surface area (Å²) in [5.74, 6) is -0.650. The average Bonchev–Trinajstić information content (AvgIpc) is 2.72. The third kappa shape index (κ3) is 3.08. The number of thiophene rings is 1. The Balaban J connectivity index is 2.21. The number of anilines is 1. The number of hydrogen-bond acceptors (Lipinski definition) is 3. The SMILES string of the molecule is Cc1cc(C(N)=O)ccc1NC(=O)c1cc(C)c(Br)s1. The average molecular weight is 353 g/mol. The lowest BCUT2D eigenvalue weighted by molar-refractivity contribution is 0.0998. The summed E-state index contributed by atoms with van der Waals surface area (Å²) in [5, 5.41) is 2.83. The number of amides is 2. The minimum Gasteiger partial charge on any atom is -0.366 e. The molecule has 2 amide bonds. The van der Waals surface area contributed by atoms with Crippen molar-refractivity contribution in [2.45, 2.75) is 13.8 Å². The van der Waals surface area contributed by atoms with Crippen molar-refractivity contribution >= 4 is 44.8 Å². The van der Waals surface area contributed by atoms with E-state index in [1.54, 1.807) is 18.2 Å². The maximum atomic E-state index is 12.1. The number of rotatable bonds is 3. The third-order valence-electron chi connectivity index (χ3n) is 2.84. The Morgan fingerprint density at radius 3 is 2.40 bits per heavy atom. The number of carbonyl (C=O) groups excluding carboxylic acids is 2. The third-order valence-corrected chi connectivity index (χ3v) is 4.98. The normalized spacial score (nSPS) is 10.3. The number of nitrogens with two attached hydrogens (primary N) is 1. The van der Waals surface area contributed by atoms with Crippen LogP contribution in [0.3, 0.4) is 0 Å². The maximum absolute atomic E-state index is 12.1. The van der Waals surface area contributed by atoms with E-state index in [9.17, 15) is 9.59 Å². The number of hydrogen-bond donors (Lipinski definition) is 2. The number of halogens is 1. The molecule has 4 nitrogen and oxygen atoms in total. The van der Waals surface area contributed by atoms with Crippen LogP contribution in [0, 0.1) is 13.8 Å². The van der Waals surface area contributed by atoms with E-state index in [0.29, 0.717) is 16.1 Å². The van der Waals surface area contributed by atoms with Crippen LogP contribution in [0.4, 0.5) is 5.69 Å². The Morgan fingerprint density at radius 2 is 1.90 bits per heavy atom. The van der Waals surface area contributed by atoms with Crippen molar-refractivity contribution in [3.63, 3.8) is 0 Å². The molecule has 3 N–H and O–H groups in total. The van der Waals surface area contributed by atoms with Crippen LogP contribution >= 0.6 is 27.3 Å². The molecule has 0 radical (unpaired) electrons. The fraction of sp³-hybridized carbons (Fsp3) is 0.143. The molecule has 0 spiro atoms. The highest BCUT2D eigenvalue weighted by Gasteiger charge is 2.13. The highest BCUT2D eigenvalue weighted by molar-refractivity contribution is 9.11. The number of aryl methyl sites for hydroxylation is 2. The minimum absolute atomic E-state index is 0.168. The molecule has 104 valence electrons. The smallest absolute Gasteiger partial charge is 0.265 e. The standard InChI is InChI=1S/C14H13BrN2O2S/c1-7-5-9(13(16)18)3-4-10(7)17-14(19)11-6-8(2)12(15)20-11/h3-6H,1-2H3,(H2,16,18)(H,17,19). The molecule has 1 aromatic carbocycles. The second-order valence-corrected chi connectivity index (χ2v) is 6.79. The molecule has 0 atom stereocenters. The number of carbonyl (C=O) groups is 2. The van der Waals surface area contributed by atoms with Crippen LogP contribution in [-0.2, 0) is 0 Å². The first-order valence-electron chi connectivity index (χ1n) is 5.86. The van der Waals surface area contributed by atoms with E-state index in [1.165, 1.54) is 11.3 Å². The van der Waals surface area contributed by atoms with Gasteiger partial charge in [0, 0.05) is 11.3 Å². The lowest BCUT2D eigenvalue weighted by Gasteiger charge is -2.08. The van der Waals surface area contributed by atoms with Gasteiger partial charge in [-0.05, 0) is 65.2 Å². The van der Waals surface area contributed by atoms with E-state index < -0.39 is 5.91 Å². The van der Waals surface area contributed by atoms with Crippen LogP contribution in [0.5, 0.6) is 0 Å². The molecule has 0 bridgehead atoms. The number of benzene rings is 1. The molecule has 0 aliphatic heterocycles. The second-order valence-electron chi connectivity index (χ2n) is 4.42. The quantitative estimate of drug-likeness (QED) is 0.887. The molecular weight excluding hydrogens is 340 g/mol. The molecule has 0 saturated carbocycles. The fourth-order valence-electron chi connectivity index (χ4n) is 1.71. The Morgan fingerprint density at radius 1 is 1.20 bits per heavy atom. The molecule has 2 aromatic rings. The van der Waals surface area contributed by atoms with Gasteiger partial charge in [0.15, 0.2) is 0 Å². The molecular formula is C14H13BrN2O2S. The van der Waals surface area contributed by atoms with Crippen LogP contribution < -0.4 is 11.1 Å². The van der Waals surface area contributed by atoms with Gasteiger partial charge in [-0.3, -0.25) is 9.59 Å². The highest BCUT2D eigenvalue weighted by Crippen LogP contribution is 2.28. The Hall–Kier alpha value is -1.66. The van der Waals surface area contributed by atoms with E-state index in [0.717, 1.165) is 14.9 Å². The van der Waals surface area contributed by atoms with E-state index in [-0.39, 0.29) is 5.91 Å². The molecule has 0 saturated heterocycles. The van der Waals surface area contributed by atoms with Gasteiger partial charge in [0.2, 0.25) is 5.91 Å². The first kappa shape index (κ1) is 14.7. The van der Waals surface area contributed by atoms with Gasteiger partial charge in [-0.15, -0.1) is 11.3 Å². The van der Waals surface area contributed by atoms with Gasteiger partial charge >= 0.3 is 0 Å². The zero-order valence-corrected chi connectivity index (χ0v) is 13.4. The topological polar surface area (TPSA) is 72.2 Å². The largest absolute Gasteiger partial charge is 0.366 e. The molecule has 1 aromatic heterocycles. The van der Waals surface area contributed by atoms with Crippen molar-refractivity contribution in [3.05, 3.63) is 49.6 Å². The Bertz CT molecular complexity index is 675. The molecule has 6 heteroatoms. The van der Waals surface area contributed by atoms with Crippen molar-refractivity contribution in [1.29, 1.82) is 0 Å². The van der Waals surface area contributed by atoms with Crippen molar-refractivity contribution in [2.24, 2.45) is 5.73 Å². The van der Waals surface area contributed by atoms with Gasteiger partial charge in [-0.25, -0.2) is 0 Å². The summed E-state index contributed by atoms with van der Waals surface area (Å²) in [5.41, 5.74) is 8.13. The molecule has 1 heterocycles. The first-order chi connectivity index (χ1) is 9.38. The van der Waals surface area contributed by atoms with Gasteiger partial charge in [-0.1, -0.05) is 0 Å². The maximum Gasteiger partial charge on any atom is 0.265 e. The summed E-state index contributed by atoms with van der Waals surface area (Å²) in [6.07, 6.45) is 0. The second kappa shape index (κ2) is 5.76. The van der Waals surface area contributed by atoms with E-state index in [1.807, 2.05) is 19.9 Å². The van der Waals surface area contributed by atoms with Crippen LogP contribution in [-0.4, -0.2) is 11.8 Å². The van der Waals surface area contributed by atoms with Crippen molar-refractivity contribution in [3.8, 4) is 0 Å². The lowest BCUT2D eigenvalue weighted by Crippen LogP contribution is -2.14. The van der Waals surface area contributed by atoms with E-state index >= 15 is 0 Å². The molecule has 0 aliphatic carbocycles. The molecule has 0 unspecified atom stereocenters. The lowest BCUT2D eigenvalue weighted by atomic mass is 10.1. The van der Waals surface area contributed by atoms with Crippen molar-refractivity contribution in [1.82, 2.24) is 0 Å². The van der Waals surface area contributed by atoms with Crippen molar-refractivity contribution < 1.29 is 9.59 Å². The summed E-state index contributed by atoms with van der Waals surface area (Å²) >= 11 is 4.78. The Kier molecular flexibility index (Phi) is 4.25. The number of primary amides is 1. The predicted octanol–water partition coefficient (Wildman–Crippen LogP) is 3.48. The van der Waals surface area contributed by atoms with Crippen molar-refractivity contribution in [2.75, 3.05) is 5.32 Å². The molecule has 0 aliphatic rings. The van der Waals surface area contributed by atoms with Gasteiger partial charge in [0.05, 0.1) is 8.66 Å². The van der Waals surface area contributed by atoms with Crippen LogP contribution in [0.15, 0.2) is 28.1 Å². The Labute approximate surface area is 129 Å². The summed E-state index contributed by atoms with van der Waals surface area (Å²) in [6.45, 7) is 3.75. The van der Waals surface area contributed by atoms with Crippen LogP contribution in [0.2, 0.25) is 0 Å². The predicted molar refractivity (Wildman–Crippen MR) is 84.4 cm³/mol. The monoisotopic (exact) mass is 352 g/mol. The molecule has 2 rings (SSSR count). The van der Waals surface area contributed by atoms with E-state index in [2.05, 4.69) is 21.2 Å².